The molecule has 0 aromatic carbocycles. The molecule has 85 valence electrons. The van der Waals surface area contributed by atoms with Crippen molar-refractivity contribution in [3.8, 4) is 11.5 Å². The molecule has 0 spiro atoms. The minimum absolute atomic E-state index is 0.675. The topological polar surface area (TPSA) is 52.1 Å². The molecular weight excluding hydrogens is 228 g/mol. The van der Waals surface area contributed by atoms with Crippen LogP contribution in [-0.4, -0.2) is 9.97 Å². The zero-order valence-electron chi connectivity index (χ0n) is 9.25. The highest BCUT2D eigenvalue weighted by atomic mass is 16.4. The van der Waals surface area contributed by atoms with Crippen molar-refractivity contribution in [1.82, 2.24) is 9.97 Å². The SMILES string of the molecule is [c]1oc(-c2occ3cnccc23)c2ccncc12. The Kier molecular flexibility index (Phi) is 1.80. The minimum atomic E-state index is 0.675. The predicted molar refractivity (Wildman–Crippen MR) is 65.8 cm³/mol. The molecule has 0 aliphatic rings. The summed E-state index contributed by atoms with van der Waals surface area (Å²) in [5.41, 5.74) is 0. The van der Waals surface area contributed by atoms with Crippen LogP contribution in [0.4, 0.5) is 0 Å². The zero-order chi connectivity index (χ0) is 11.9. The maximum absolute atomic E-state index is 5.59. The van der Waals surface area contributed by atoms with Crippen LogP contribution >= 0.6 is 0 Å². The summed E-state index contributed by atoms with van der Waals surface area (Å²) < 4.78 is 11.1. The average Bonchev–Trinajstić information content (AvgIpc) is 3.01. The van der Waals surface area contributed by atoms with Gasteiger partial charge in [0.15, 0.2) is 17.8 Å². The van der Waals surface area contributed by atoms with Gasteiger partial charge in [-0.2, -0.15) is 0 Å². The quantitative estimate of drug-likeness (QED) is 0.507. The first-order chi connectivity index (χ1) is 8.93. The summed E-state index contributed by atoms with van der Waals surface area (Å²) in [5.74, 6) is 1.37. The van der Waals surface area contributed by atoms with E-state index in [2.05, 4.69) is 16.2 Å². The van der Waals surface area contributed by atoms with Gasteiger partial charge < -0.3 is 8.83 Å². The molecule has 4 aromatic rings. The molecule has 0 unspecified atom stereocenters. The number of furan rings is 2. The van der Waals surface area contributed by atoms with Crippen molar-refractivity contribution in [2.75, 3.05) is 0 Å². The van der Waals surface area contributed by atoms with Crippen molar-refractivity contribution in [1.29, 1.82) is 0 Å². The van der Waals surface area contributed by atoms with E-state index in [1.807, 2.05) is 12.1 Å². The summed E-state index contributed by atoms with van der Waals surface area (Å²) in [7, 11) is 0. The average molecular weight is 235 g/mol. The maximum Gasteiger partial charge on any atom is 0.180 e. The molecule has 0 fully saturated rings. The largest absolute Gasteiger partial charge is 0.460 e. The Balaban J connectivity index is 2.08. The van der Waals surface area contributed by atoms with Crippen LogP contribution in [0.25, 0.3) is 33.1 Å². The summed E-state index contributed by atoms with van der Waals surface area (Å²) in [6.07, 6.45) is 11.4. The molecule has 4 rings (SSSR count). The summed E-state index contributed by atoms with van der Waals surface area (Å²) in [4.78, 5) is 8.10. The summed E-state index contributed by atoms with van der Waals surface area (Å²) >= 11 is 0. The van der Waals surface area contributed by atoms with E-state index < -0.39 is 0 Å². The molecule has 18 heavy (non-hydrogen) atoms. The molecule has 0 bridgehead atoms. The molecule has 0 aliphatic heterocycles. The Hall–Kier alpha value is -2.62. The van der Waals surface area contributed by atoms with Crippen molar-refractivity contribution < 1.29 is 8.83 Å². The smallest absolute Gasteiger partial charge is 0.180 e. The van der Waals surface area contributed by atoms with Gasteiger partial charge in [-0.15, -0.1) is 0 Å². The van der Waals surface area contributed by atoms with E-state index in [9.17, 15) is 0 Å². The lowest BCUT2D eigenvalue weighted by Crippen LogP contribution is -1.75. The van der Waals surface area contributed by atoms with Gasteiger partial charge in [0.1, 0.15) is 6.26 Å². The van der Waals surface area contributed by atoms with Crippen LogP contribution in [0.3, 0.4) is 0 Å². The normalized spacial score (nSPS) is 11.3. The van der Waals surface area contributed by atoms with Crippen molar-refractivity contribution in [3.63, 3.8) is 0 Å². The van der Waals surface area contributed by atoms with E-state index in [0.29, 0.717) is 11.5 Å². The van der Waals surface area contributed by atoms with Gasteiger partial charge in [-0.05, 0) is 12.1 Å². The van der Waals surface area contributed by atoms with Gasteiger partial charge in [-0.3, -0.25) is 9.97 Å². The van der Waals surface area contributed by atoms with Gasteiger partial charge in [-0.1, -0.05) is 0 Å². The first-order valence-electron chi connectivity index (χ1n) is 5.49. The Morgan fingerprint density at radius 1 is 0.944 bits per heavy atom. The number of pyridine rings is 2. The van der Waals surface area contributed by atoms with Crippen LogP contribution in [-0.2, 0) is 0 Å². The highest BCUT2D eigenvalue weighted by molar-refractivity contribution is 6.00. The number of nitrogens with zero attached hydrogens (tertiary/aromatic N) is 2. The molecule has 0 amide bonds. The lowest BCUT2D eigenvalue weighted by Gasteiger charge is -1.94. The van der Waals surface area contributed by atoms with Crippen LogP contribution in [0.2, 0.25) is 0 Å². The Morgan fingerprint density at radius 2 is 1.78 bits per heavy atom. The van der Waals surface area contributed by atoms with Crippen molar-refractivity contribution in [2.24, 2.45) is 0 Å². The Morgan fingerprint density at radius 3 is 2.72 bits per heavy atom. The number of aromatic nitrogens is 2. The van der Waals surface area contributed by atoms with E-state index in [1.165, 1.54) is 0 Å². The molecule has 0 saturated carbocycles. The Bertz CT molecular complexity index is 773. The highest BCUT2D eigenvalue weighted by Crippen LogP contribution is 2.35. The second-order valence-electron chi connectivity index (χ2n) is 3.98. The lowest BCUT2D eigenvalue weighted by atomic mass is 10.1. The molecule has 4 heteroatoms. The fourth-order valence-electron chi connectivity index (χ4n) is 2.07. The van der Waals surface area contributed by atoms with Gasteiger partial charge in [0.05, 0.1) is 5.39 Å². The number of rotatable bonds is 1. The predicted octanol–water partition coefficient (Wildman–Crippen LogP) is 3.44. The standard InChI is InChI=1S/C14H7N2O2/c1-3-15-5-9-7-17-13(11(1)9)14-12-2-4-16-6-10(12)8-18-14/h1-7H. The zero-order valence-corrected chi connectivity index (χ0v) is 9.25. The number of hydrogen-bond acceptors (Lipinski definition) is 4. The molecule has 4 nitrogen and oxygen atoms in total. The maximum atomic E-state index is 5.59. The molecule has 4 heterocycles. The second-order valence-corrected chi connectivity index (χ2v) is 3.98. The fraction of sp³-hybridized carbons (Fsp3) is 0. The summed E-state index contributed by atoms with van der Waals surface area (Å²) in [6, 6.07) is 3.80. The highest BCUT2D eigenvalue weighted by Gasteiger charge is 2.15. The van der Waals surface area contributed by atoms with Crippen LogP contribution < -0.4 is 0 Å². The molecule has 0 N–H and O–H groups in total. The van der Waals surface area contributed by atoms with Crippen molar-refractivity contribution in [3.05, 3.63) is 49.4 Å². The van der Waals surface area contributed by atoms with Crippen LogP contribution in [0.1, 0.15) is 0 Å². The second kappa shape index (κ2) is 3.43. The number of hydrogen-bond donors (Lipinski definition) is 0. The van der Waals surface area contributed by atoms with Gasteiger partial charge >= 0.3 is 0 Å². The van der Waals surface area contributed by atoms with Gasteiger partial charge in [0.2, 0.25) is 0 Å². The number of fused-ring (bicyclic) bond motifs is 2. The molecule has 1 radical (unpaired) electrons. The fourth-order valence-corrected chi connectivity index (χ4v) is 2.07. The third-order valence-electron chi connectivity index (χ3n) is 2.94. The Labute approximate surface area is 102 Å². The van der Waals surface area contributed by atoms with E-state index in [1.54, 1.807) is 31.1 Å². The van der Waals surface area contributed by atoms with Crippen LogP contribution in [0.5, 0.6) is 0 Å². The molecule has 0 atom stereocenters. The van der Waals surface area contributed by atoms with E-state index >= 15 is 0 Å². The van der Waals surface area contributed by atoms with Crippen molar-refractivity contribution in [2.45, 2.75) is 0 Å². The van der Waals surface area contributed by atoms with Gasteiger partial charge in [-0.25, -0.2) is 0 Å². The third kappa shape index (κ3) is 1.20. The van der Waals surface area contributed by atoms with Gasteiger partial charge in [0, 0.05) is 40.9 Å². The third-order valence-corrected chi connectivity index (χ3v) is 2.94. The minimum Gasteiger partial charge on any atom is -0.460 e. The summed E-state index contributed by atoms with van der Waals surface area (Å²) in [5, 5.41) is 3.71. The van der Waals surface area contributed by atoms with Crippen molar-refractivity contribution >= 4 is 21.5 Å². The van der Waals surface area contributed by atoms with E-state index in [4.69, 9.17) is 8.83 Å². The first kappa shape index (κ1) is 9.41. The molecule has 0 saturated heterocycles. The monoisotopic (exact) mass is 235 g/mol. The lowest BCUT2D eigenvalue weighted by molar-refractivity contribution is 0.526. The molecule has 4 aromatic heterocycles. The summed E-state index contributed by atoms with van der Waals surface area (Å²) in [6.45, 7) is 0. The van der Waals surface area contributed by atoms with Crippen LogP contribution in [0, 0.1) is 6.26 Å². The van der Waals surface area contributed by atoms with E-state index in [-0.39, 0.29) is 0 Å². The molecule has 0 aliphatic carbocycles. The molecular formula is C14H7N2O2. The van der Waals surface area contributed by atoms with E-state index in [0.717, 1.165) is 21.5 Å². The first-order valence-corrected chi connectivity index (χ1v) is 5.49. The van der Waals surface area contributed by atoms with Crippen LogP contribution in [0.15, 0.2) is 52.0 Å². The van der Waals surface area contributed by atoms with Gasteiger partial charge in [0.25, 0.3) is 0 Å².